The molecule has 1 aromatic rings. The first-order chi connectivity index (χ1) is 11.3. The summed E-state index contributed by atoms with van der Waals surface area (Å²) >= 11 is 0. The Morgan fingerprint density at radius 3 is 2.58 bits per heavy atom. The number of hydrogen-bond acceptors (Lipinski definition) is 4. The van der Waals surface area contributed by atoms with Crippen LogP contribution in [0.15, 0.2) is 24.0 Å². The predicted octanol–water partition coefficient (Wildman–Crippen LogP) is 2.52. The zero-order chi connectivity index (χ0) is 17.7. The molecule has 1 aliphatic heterocycles. The molecule has 24 heavy (non-hydrogen) atoms. The average molecular weight is 333 g/mol. The first kappa shape index (κ1) is 18.2. The predicted molar refractivity (Wildman–Crippen MR) is 92.3 cm³/mol. The van der Waals surface area contributed by atoms with Crippen LogP contribution in [0.4, 0.5) is 4.79 Å². The van der Waals surface area contributed by atoms with E-state index in [1.807, 2.05) is 51.3 Å². The summed E-state index contributed by atoms with van der Waals surface area (Å²) in [5.74, 6) is 1.75. The SMILES string of the molecule is Cc1nnc(C)n1CCOCC1=CCC=CN1C(=O)NC(C)(C)C. The van der Waals surface area contributed by atoms with Crippen molar-refractivity contribution in [1.29, 1.82) is 0 Å². The molecule has 0 aliphatic carbocycles. The third kappa shape index (κ3) is 4.92. The third-order valence-corrected chi connectivity index (χ3v) is 3.58. The third-order valence-electron chi connectivity index (χ3n) is 3.58. The minimum atomic E-state index is -0.280. The summed E-state index contributed by atoms with van der Waals surface area (Å²) in [6.45, 7) is 11.4. The van der Waals surface area contributed by atoms with Gasteiger partial charge >= 0.3 is 6.03 Å². The number of carbonyl (C=O) groups excluding carboxylic acids is 1. The zero-order valence-corrected chi connectivity index (χ0v) is 15.2. The van der Waals surface area contributed by atoms with Crippen molar-refractivity contribution in [3.8, 4) is 0 Å². The van der Waals surface area contributed by atoms with Gasteiger partial charge in [0.1, 0.15) is 11.6 Å². The molecule has 2 amide bonds. The van der Waals surface area contributed by atoms with Gasteiger partial charge in [-0.25, -0.2) is 4.79 Å². The summed E-state index contributed by atoms with van der Waals surface area (Å²) < 4.78 is 7.78. The lowest BCUT2D eigenvalue weighted by Crippen LogP contribution is -2.47. The number of allylic oxidation sites excluding steroid dienone is 2. The number of ether oxygens (including phenoxy) is 1. The number of aryl methyl sites for hydroxylation is 2. The normalized spacial score (nSPS) is 14.7. The van der Waals surface area contributed by atoms with Gasteiger partial charge in [-0.1, -0.05) is 12.2 Å². The highest BCUT2D eigenvalue weighted by molar-refractivity contribution is 5.78. The van der Waals surface area contributed by atoms with Gasteiger partial charge in [0.05, 0.1) is 13.2 Å². The van der Waals surface area contributed by atoms with Crippen molar-refractivity contribution in [2.45, 2.75) is 53.1 Å². The lowest BCUT2D eigenvalue weighted by Gasteiger charge is -2.29. The Morgan fingerprint density at radius 2 is 1.96 bits per heavy atom. The highest BCUT2D eigenvalue weighted by Gasteiger charge is 2.22. The summed E-state index contributed by atoms with van der Waals surface area (Å²) in [6, 6.07) is -0.140. The summed E-state index contributed by atoms with van der Waals surface area (Å²) in [4.78, 5) is 14.0. The van der Waals surface area contributed by atoms with Gasteiger partial charge in [-0.15, -0.1) is 10.2 Å². The quantitative estimate of drug-likeness (QED) is 0.841. The van der Waals surface area contributed by atoms with Gasteiger partial charge in [-0.2, -0.15) is 0 Å². The van der Waals surface area contributed by atoms with Gasteiger partial charge in [0.15, 0.2) is 0 Å². The molecule has 132 valence electrons. The molecule has 0 saturated carbocycles. The minimum Gasteiger partial charge on any atom is -0.373 e. The lowest BCUT2D eigenvalue weighted by atomic mass is 10.1. The van der Waals surface area contributed by atoms with Gasteiger partial charge in [0.25, 0.3) is 0 Å². The summed E-state index contributed by atoms with van der Waals surface area (Å²) in [5, 5.41) is 11.0. The lowest BCUT2D eigenvalue weighted by molar-refractivity contribution is 0.131. The number of aromatic nitrogens is 3. The fourth-order valence-corrected chi connectivity index (χ4v) is 2.42. The van der Waals surface area contributed by atoms with Crippen LogP contribution in [0.5, 0.6) is 0 Å². The van der Waals surface area contributed by atoms with Crippen LogP contribution in [-0.2, 0) is 11.3 Å². The summed E-state index contributed by atoms with van der Waals surface area (Å²) in [7, 11) is 0. The van der Waals surface area contributed by atoms with E-state index >= 15 is 0 Å². The van der Waals surface area contributed by atoms with E-state index in [2.05, 4.69) is 15.5 Å². The van der Waals surface area contributed by atoms with Crippen molar-refractivity contribution in [2.24, 2.45) is 0 Å². The van der Waals surface area contributed by atoms with E-state index in [1.54, 1.807) is 11.1 Å². The number of nitrogens with one attached hydrogen (secondary N) is 1. The Hall–Kier alpha value is -2.15. The topological polar surface area (TPSA) is 72.3 Å². The Balaban J connectivity index is 1.86. The first-order valence-corrected chi connectivity index (χ1v) is 8.19. The maximum absolute atomic E-state index is 12.4. The van der Waals surface area contributed by atoms with E-state index < -0.39 is 0 Å². The van der Waals surface area contributed by atoms with Crippen LogP contribution in [-0.4, -0.2) is 44.4 Å². The fourth-order valence-electron chi connectivity index (χ4n) is 2.42. The largest absolute Gasteiger partial charge is 0.373 e. The van der Waals surface area contributed by atoms with Crippen LogP contribution < -0.4 is 5.32 Å². The second-order valence-corrected chi connectivity index (χ2v) is 6.86. The summed E-state index contributed by atoms with van der Waals surface area (Å²) in [5.41, 5.74) is 0.578. The first-order valence-electron chi connectivity index (χ1n) is 8.19. The molecule has 0 spiro atoms. The van der Waals surface area contributed by atoms with E-state index in [-0.39, 0.29) is 11.6 Å². The van der Waals surface area contributed by atoms with Crippen molar-refractivity contribution < 1.29 is 9.53 Å². The molecule has 0 fully saturated rings. The molecule has 0 atom stereocenters. The number of hydrogen-bond donors (Lipinski definition) is 1. The van der Waals surface area contributed by atoms with E-state index in [0.717, 1.165) is 23.8 Å². The summed E-state index contributed by atoms with van der Waals surface area (Å²) in [6.07, 6.45) is 6.57. The highest BCUT2D eigenvalue weighted by atomic mass is 16.5. The van der Waals surface area contributed by atoms with Gasteiger partial charge in [-0.3, -0.25) is 4.90 Å². The molecule has 2 rings (SSSR count). The maximum Gasteiger partial charge on any atom is 0.326 e. The molecule has 1 aliphatic rings. The van der Waals surface area contributed by atoms with Crippen LogP contribution in [0.25, 0.3) is 0 Å². The van der Waals surface area contributed by atoms with Gasteiger partial charge in [0, 0.05) is 24.0 Å². The molecule has 2 heterocycles. The number of nitrogens with zero attached hydrogens (tertiary/aromatic N) is 4. The number of rotatable bonds is 5. The van der Waals surface area contributed by atoms with E-state index in [9.17, 15) is 4.79 Å². The minimum absolute atomic E-state index is 0.140. The molecule has 0 bridgehead atoms. The van der Waals surface area contributed by atoms with Gasteiger partial charge in [0.2, 0.25) is 0 Å². The zero-order valence-electron chi connectivity index (χ0n) is 15.2. The molecule has 1 aromatic heterocycles. The highest BCUT2D eigenvalue weighted by Crippen LogP contribution is 2.15. The van der Waals surface area contributed by atoms with E-state index in [4.69, 9.17) is 4.74 Å². The van der Waals surface area contributed by atoms with Crippen LogP contribution >= 0.6 is 0 Å². The smallest absolute Gasteiger partial charge is 0.326 e. The maximum atomic E-state index is 12.4. The monoisotopic (exact) mass is 333 g/mol. The van der Waals surface area contributed by atoms with Crippen molar-refractivity contribution in [3.05, 3.63) is 35.7 Å². The molecule has 0 saturated heterocycles. The van der Waals surface area contributed by atoms with Crippen LogP contribution in [0.3, 0.4) is 0 Å². The molecular weight excluding hydrogens is 306 g/mol. The number of amides is 2. The average Bonchev–Trinajstić information content (AvgIpc) is 2.81. The Labute approximate surface area is 143 Å². The second-order valence-electron chi connectivity index (χ2n) is 6.86. The van der Waals surface area contributed by atoms with Crippen molar-refractivity contribution in [1.82, 2.24) is 25.0 Å². The van der Waals surface area contributed by atoms with Crippen molar-refractivity contribution >= 4 is 6.03 Å². The number of carbonyl (C=O) groups is 1. The molecule has 7 heteroatoms. The second kappa shape index (κ2) is 7.61. The molecule has 0 unspecified atom stereocenters. The molecule has 7 nitrogen and oxygen atoms in total. The van der Waals surface area contributed by atoms with Crippen LogP contribution in [0, 0.1) is 13.8 Å². The van der Waals surface area contributed by atoms with Crippen molar-refractivity contribution in [2.75, 3.05) is 13.2 Å². The van der Waals surface area contributed by atoms with Gasteiger partial charge < -0.3 is 14.6 Å². The standard InChI is InChI=1S/C17H27N5O2/c1-13-19-20-14(2)21(13)10-11-24-12-15-8-6-7-9-22(15)16(23)18-17(3,4)5/h7-9H,6,10-12H2,1-5H3,(H,18,23). The Kier molecular flexibility index (Phi) is 5.77. The van der Waals surface area contributed by atoms with E-state index in [0.29, 0.717) is 19.8 Å². The fraction of sp³-hybridized carbons (Fsp3) is 0.588. The molecule has 0 aromatic carbocycles. The molecule has 0 radical (unpaired) electrons. The van der Waals surface area contributed by atoms with E-state index in [1.165, 1.54) is 0 Å². The van der Waals surface area contributed by atoms with Crippen molar-refractivity contribution in [3.63, 3.8) is 0 Å². The Morgan fingerprint density at radius 1 is 1.29 bits per heavy atom. The molecule has 1 N–H and O–H groups in total. The van der Waals surface area contributed by atoms with Crippen LogP contribution in [0.2, 0.25) is 0 Å². The molecular formula is C17H27N5O2. The van der Waals surface area contributed by atoms with Crippen LogP contribution in [0.1, 0.15) is 38.8 Å². The van der Waals surface area contributed by atoms with Gasteiger partial charge in [-0.05, 0) is 41.0 Å². The Bertz CT molecular complexity index is 620. The number of urea groups is 1.